The van der Waals surface area contributed by atoms with Gasteiger partial charge >= 0.3 is 0 Å². The van der Waals surface area contributed by atoms with Gasteiger partial charge in [0.25, 0.3) is 11.4 Å². The molecule has 2 aliphatic heterocycles. The van der Waals surface area contributed by atoms with Gasteiger partial charge in [-0.15, -0.1) is 0 Å². The second-order valence-corrected chi connectivity index (χ2v) is 5.91. The van der Waals surface area contributed by atoms with Gasteiger partial charge in [-0.3, -0.25) is 30.9 Å². The second kappa shape index (κ2) is 4.22. The Morgan fingerprint density at radius 2 is 2.00 bits per heavy atom. The van der Waals surface area contributed by atoms with Crippen molar-refractivity contribution in [1.82, 2.24) is 10.6 Å². The summed E-state index contributed by atoms with van der Waals surface area (Å²) >= 11 is 0. The van der Waals surface area contributed by atoms with Crippen LogP contribution in [0, 0.1) is 26.1 Å². The van der Waals surface area contributed by atoms with Gasteiger partial charge in [-0.1, -0.05) is 6.92 Å². The molecular formula is C13H16N4O4. The van der Waals surface area contributed by atoms with E-state index in [1.807, 2.05) is 13.8 Å². The fraction of sp³-hybridized carbons (Fsp3) is 0.538. The van der Waals surface area contributed by atoms with Gasteiger partial charge in [-0.2, -0.15) is 0 Å². The fourth-order valence-corrected chi connectivity index (χ4v) is 3.68. The average molecular weight is 292 g/mol. The molecule has 0 aromatic rings. The predicted molar refractivity (Wildman–Crippen MR) is 74.3 cm³/mol. The first-order valence-corrected chi connectivity index (χ1v) is 6.75. The van der Waals surface area contributed by atoms with E-state index in [2.05, 4.69) is 10.6 Å². The Hall–Kier alpha value is -2.06. The van der Waals surface area contributed by atoms with E-state index >= 15 is 0 Å². The Morgan fingerprint density at radius 1 is 1.33 bits per heavy atom. The lowest BCUT2D eigenvalue weighted by Gasteiger charge is -2.24. The minimum absolute atomic E-state index is 0.167. The minimum atomic E-state index is -0.598. The summed E-state index contributed by atoms with van der Waals surface area (Å²) in [4.78, 5) is 21.4. The number of hydrogen-bond acceptors (Lipinski definition) is 6. The fourth-order valence-electron chi connectivity index (χ4n) is 3.68. The van der Waals surface area contributed by atoms with E-state index in [0.717, 1.165) is 18.2 Å². The van der Waals surface area contributed by atoms with Crippen LogP contribution in [-0.2, 0) is 0 Å². The highest BCUT2D eigenvalue weighted by molar-refractivity contribution is 5.57. The van der Waals surface area contributed by atoms with Gasteiger partial charge in [0.05, 0.1) is 21.6 Å². The summed E-state index contributed by atoms with van der Waals surface area (Å²) in [6, 6.07) is -0.598. The van der Waals surface area contributed by atoms with Crippen LogP contribution in [0.3, 0.4) is 0 Å². The molecule has 0 aromatic carbocycles. The van der Waals surface area contributed by atoms with E-state index in [1.54, 1.807) is 6.92 Å². The molecule has 1 aliphatic carbocycles. The Bertz CT molecular complexity index is 663. The molecule has 21 heavy (non-hydrogen) atoms. The molecule has 0 bridgehead atoms. The van der Waals surface area contributed by atoms with E-state index < -0.39 is 21.6 Å². The number of rotatable bonds is 2. The number of nitro groups is 2. The number of fused-ring (bicyclic) bond motifs is 2. The molecule has 0 aromatic heterocycles. The molecule has 3 unspecified atom stereocenters. The van der Waals surface area contributed by atoms with Gasteiger partial charge in [-0.05, 0) is 30.9 Å². The van der Waals surface area contributed by atoms with Crippen molar-refractivity contribution < 1.29 is 9.85 Å². The highest BCUT2D eigenvalue weighted by atomic mass is 16.6. The summed E-state index contributed by atoms with van der Waals surface area (Å²) in [6.07, 6.45) is 1.08. The Kier molecular flexibility index (Phi) is 2.79. The minimum Gasteiger partial charge on any atom is -0.295 e. The standard InChI is InChI=1S/C13H16N4O4/c1-6-5-14-13(3)11(6)10-7(2)8(16(18)19)4-9(17(20)21)12(10)15-13/h4,6,12,14-15H,5H2,1-3H3. The first kappa shape index (κ1) is 13.9. The summed E-state index contributed by atoms with van der Waals surface area (Å²) in [5.41, 5.74) is 1.32. The van der Waals surface area contributed by atoms with Crippen molar-refractivity contribution in [2.24, 2.45) is 5.92 Å². The van der Waals surface area contributed by atoms with Crippen LogP contribution in [0.2, 0.25) is 0 Å². The van der Waals surface area contributed by atoms with Crippen LogP contribution in [0.5, 0.6) is 0 Å². The van der Waals surface area contributed by atoms with Crippen molar-refractivity contribution in [3.8, 4) is 0 Å². The van der Waals surface area contributed by atoms with E-state index in [9.17, 15) is 20.2 Å². The summed E-state index contributed by atoms with van der Waals surface area (Å²) < 4.78 is 0. The predicted octanol–water partition coefficient (Wildman–Crippen LogP) is 0.935. The highest BCUT2D eigenvalue weighted by Crippen LogP contribution is 2.45. The smallest absolute Gasteiger partial charge is 0.279 e. The zero-order valence-electron chi connectivity index (χ0n) is 12.0. The molecule has 0 radical (unpaired) electrons. The number of hydrogen-bond donors (Lipinski definition) is 2. The maximum atomic E-state index is 11.3. The summed E-state index contributed by atoms with van der Waals surface area (Å²) in [6.45, 7) is 6.36. The van der Waals surface area contributed by atoms with Crippen LogP contribution in [0.1, 0.15) is 20.8 Å². The topological polar surface area (TPSA) is 110 Å². The average Bonchev–Trinajstić information content (AvgIpc) is 2.83. The number of nitrogens with zero attached hydrogens (tertiary/aromatic N) is 2. The first-order valence-electron chi connectivity index (χ1n) is 6.75. The maximum absolute atomic E-state index is 11.3. The molecule has 0 amide bonds. The Morgan fingerprint density at radius 3 is 2.57 bits per heavy atom. The zero-order chi connectivity index (χ0) is 15.5. The lowest BCUT2D eigenvalue weighted by Crippen LogP contribution is -2.52. The van der Waals surface area contributed by atoms with Crippen molar-refractivity contribution in [2.45, 2.75) is 32.5 Å². The maximum Gasteiger partial charge on any atom is 0.279 e. The third kappa shape index (κ3) is 1.76. The van der Waals surface area contributed by atoms with Crippen molar-refractivity contribution in [3.05, 3.63) is 54.4 Å². The van der Waals surface area contributed by atoms with Crippen LogP contribution >= 0.6 is 0 Å². The summed E-state index contributed by atoms with van der Waals surface area (Å²) in [5, 5.41) is 29.0. The normalized spacial score (nSPS) is 34.7. The molecular weight excluding hydrogens is 276 g/mol. The molecule has 1 saturated heterocycles. The highest BCUT2D eigenvalue weighted by Gasteiger charge is 2.53. The quantitative estimate of drug-likeness (QED) is 0.578. The van der Waals surface area contributed by atoms with Gasteiger partial charge < -0.3 is 0 Å². The van der Waals surface area contributed by atoms with Crippen LogP contribution in [0.4, 0.5) is 0 Å². The third-order valence-electron chi connectivity index (χ3n) is 4.58. The van der Waals surface area contributed by atoms with E-state index in [0.29, 0.717) is 11.1 Å². The van der Waals surface area contributed by atoms with Crippen molar-refractivity contribution in [2.75, 3.05) is 6.54 Å². The molecule has 8 nitrogen and oxygen atoms in total. The molecule has 2 N–H and O–H groups in total. The number of nitrogens with one attached hydrogen (secondary N) is 2. The molecule has 1 fully saturated rings. The lowest BCUT2D eigenvalue weighted by atomic mass is 9.85. The van der Waals surface area contributed by atoms with Crippen molar-refractivity contribution in [3.63, 3.8) is 0 Å². The van der Waals surface area contributed by atoms with Gasteiger partial charge in [0.1, 0.15) is 6.04 Å². The van der Waals surface area contributed by atoms with Gasteiger partial charge in [0, 0.05) is 12.1 Å². The Labute approximate surface area is 120 Å². The van der Waals surface area contributed by atoms with Crippen LogP contribution in [0.15, 0.2) is 34.2 Å². The lowest BCUT2D eigenvalue weighted by molar-refractivity contribution is -0.439. The monoisotopic (exact) mass is 292 g/mol. The van der Waals surface area contributed by atoms with E-state index in [4.69, 9.17) is 0 Å². The van der Waals surface area contributed by atoms with Crippen molar-refractivity contribution >= 4 is 0 Å². The molecule has 0 spiro atoms. The zero-order valence-corrected chi connectivity index (χ0v) is 12.0. The van der Waals surface area contributed by atoms with E-state index in [1.165, 1.54) is 0 Å². The van der Waals surface area contributed by atoms with Crippen LogP contribution in [0.25, 0.3) is 0 Å². The molecule has 8 heteroatoms. The Balaban J connectivity index is 2.27. The van der Waals surface area contributed by atoms with Gasteiger partial charge in [-0.25, -0.2) is 0 Å². The van der Waals surface area contributed by atoms with Gasteiger partial charge in [0.2, 0.25) is 0 Å². The van der Waals surface area contributed by atoms with E-state index in [-0.39, 0.29) is 17.3 Å². The van der Waals surface area contributed by atoms with Crippen molar-refractivity contribution in [1.29, 1.82) is 0 Å². The van der Waals surface area contributed by atoms with Gasteiger partial charge in [0.15, 0.2) is 0 Å². The summed E-state index contributed by atoms with van der Waals surface area (Å²) in [5.74, 6) is 0.177. The third-order valence-corrected chi connectivity index (χ3v) is 4.58. The first-order chi connectivity index (χ1) is 9.76. The largest absolute Gasteiger partial charge is 0.295 e. The molecule has 3 atom stereocenters. The van der Waals surface area contributed by atoms with Crippen LogP contribution in [-0.4, -0.2) is 28.1 Å². The summed E-state index contributed by atoms with van der Waals surface area (Å²) in [7, 11) is 0. The number of allylic oxidation sites excluding steroid dienone is 1. The molecule has 0 saturated carbocycles. The SMILES string of the molecule is CC1=C([N+](=O)[O-])C=C([N+](=O)[O-])C2NC3(C)NCC(C)C3=C12. The van der Waals surface area contributed by atoms with Crippen LogP contribution < -0.4 is 10.6 Å². The molecule has 3 aliphatic rings. The second-order valence-electron chi connectivity index (χ2n) is 5.91. The molecule has 2 heterocycles. The molecule has 112 valence electrons. The molecule has 3 rings (SSSR count).